The van der Waals surface area contributed by atoms with Crippen LogP contribution in [0.4, 0.5) is 18.0 Å². The normalized spacial score (nSPS) is 11.7. The van der Waals surface area contributed by atoms with Gasteiger partial charge in [0.1, 0.15) is 12.3 Å². The van der Waals surface area contributed by atoms with Gasteiger partial charge in [-0.05, 0) is 19.9 Å². The van der Waals surface area contributed by atoms with Gasteiger partial charge in [0, 0.05) is 23.4 Å². The number of alkyl halides is 3. The van der Waals surface area contributed by atoms with Crippen molar-refractivity contribution < 1.29 is 32.4 Å². The van der Waals surface area contributed by atoms with E-state index in [2.05, 4.69) is 20.4 Å². The average Bonchev–Trinajstić information content (AvgIpc) is 2.66. The molecule has 10 heteroatoms. The molecule has 0 bridgehead atoms. The van der Waals surface area contributed by atoms with Crippen molar-refractivity contribution in [1.29, 1.82) is 0 Å². The van der Waals surface area contributed by atoms with Gasteiger partial charge in [-0.25, -0.2) is 4.79 Å². The first-order valence-corrected chi connectivity index (χ1v) is 8.02. The first kappa shape index (κ1) is 21.0. The molecule has 7 nitrogen and oxygen atoms in total. The third-order valence-corrected chi connectivity index (χ3v) is 3.60. The van der Waals surface area contributed by atoms with Crippen molar-refractivity contribution in [1.82, 2.24) is 10.5 Å². The predicted octanol–water partition coefficient (Wildman–Crippen LogP) is 4.00. The van der Waals surface area contributed by atoms with Crippen molar-refractivity contribution in [2.24, 2.45) is 5.16 Å². The van der Waals surface area contributed by atoms with Crippen LogP contribution in [-0.2, 0) is 22.4 Å². The summed E-state index contributed by atoms with van der Waals surface area (Å²) in [6.07, 6.45) is -3.77. The highest BCUT2D eigenvalue weighted by atomic mass is 19.4. The Hall–Kier alpha value is -3.30. The van der Waals surface area contributed by atoms with Crippen molar-refractivity contribution in [2.45, 2.75) is 26.6 Å². The van der Waals surface area contributed by atoms with Crippen molar-refractivity contribution in [3.63, 3.8) is 0 Å². The Balaban J connectivity index is 2.09. The summed E-state index contributed by atoms with van der Waals surface area (Å²) in [7, 11) is 1.19. The molecule has 0 aliphatic rings. The van der Waals surface area contributed by atoms with E-state index in [0.29, 0.717) is 22.7 Å². The Morgan fingerprint density at radius 1 is 1.29 bits per heavy atom. The van der Waals surface area contributed by atoms with Gasteiger partial charge < -0.3 is 14.4 Å². The van der Waals surface area contributed by atoms with Crippen LogP contribution in [0.2, 0.25) is 0 Å². The molecular formula is C18H18F3N3O4. The molecule has 150 valence electrons. The summed E-state index contributed by atoms with van der Waals surface area (Å²) >= 11 is 0. The zero-order chi connectivity index (χ0) is 20.7. The zero-order valence-corrected chi connectivity index (χ0v) is 15.3. The number of pyridine rings is 1. The summed E-state index contributed by atoms with van der Waals surface area (Å²) in [5.74, 6) is 0.298. The molecule has 0 radical (unpaired) electrons. The number of halogens is 3. The Bertz CT molecular complexity index is 869. The minimum absolute atomic E-state index is 0.0327. The lowest BCUT2D eigenvalue weighted by Gasteiger charge is -2.12. The standard InChI is InChI=1S/C18H18F3N3O4/c1-11-9-22-15(8-16(11)28-24-17(25)26-3)12(2)23-27-10-13-6-4-5-7-14(13)18(19,20)21/h4-9H,10H2,1-3H3,(H,24,25)/b23-12+. The molecule has 2 rings (SSSR count). The number of methoxy groups -OCH3 is 1. The number of rotatable bonds is 6. The van der Waals surface area contributed by atoms with Gasteiger partial charge in [-0.3, -0.25) is 4.98 Å². The SMILES string of the molecule is COC(=O)NOc1cc(/C(C)=N/OCc2ccccc2C(F)(F)F)ncc1C. The maximum atomic E-state index is 13.0. The van der Waals surface area contributed by atoms with Gasteiger partial charge in [0.15, 0.2) is 5.75 Å². The number of hydrogen-bond donors (Lipinski definition) is 1. The molecule has 0 saturated carbocycles. The summed E-state index contributed by atoms with van der Waals surface area (Å²) in [5.41, 5.74) is 2.57. The van der Waals surface area contributed by atoms with E-state index < -0.39 is 17.8 Å². The minimum atomic E-state index is -4.48. The van der Waals surface area contributed by atoms with E-state index in [9.17, 15) is 18.0 Å². The van der Waals surface area contributed by atoms with E-state index in [1.54, 1.807) is 13.8 Å². The number of aryl methyl sites for hydroxylation is 1. The number of amides is 1. The van der Waals surface area contributed by atoms with Crippen LogP contribution in [0, 0.1) is 6.92 Å². The van der Waals surface area contributed by atoms with Crippen LogP contribution >= 0.6 is 0 Å². The van der Waals surface area contributed by atoms with E-state index in [4.69, 9.17) is 9.68 Å². The van der Waals surface area contributed by atoms with Crippen molar-refractivity contribution in [2.75, 3.05) is 7.11 Å². The largest absolute Gasteiger partial charge is 0.451 e. The number of carbonyl (C=O) groups excluding carboxylic acids is 1. The van der Waals surface area contributed by atoms with Gasteiger partial charge in [0.2, 0.25) is 0 Å². The van der Waals surface area contributed by atoms with Gasteiger partial charge in [0.05, 0.1) is 18.4 Å². The lowest BCUT2D eigenvalue weighted by Crippen LogP contribution is -2.27. The van der Waals surface area contributed by atoms with E-state index in [1.165, 1.54) is 37.6 Å². The first-order valence-electron chi connectivity index (χ1n) is 8.02. The molecule has 2 aromatic rings. The summed E-state index contributed by atoms with van der Waals surface area (Å²) in [6.45, 7) is 2.93. The summed E-state index contributed by atoms with van der Waals surface area (Å²) < 4.78 is 43.4. The van der Waals surface area contributed by atoms with Gasteiger partial charge in [-0.15, -0.1) is 0 Å². The van der Waals surface area contributed by atoms with Crippen LogP contribution in [0.3, 0.4) is 0 Å². The highest BCUT2D eigenvalue weighted by molar-refractivity contribution is 5.96. The number of hydrogen-bond acceptors (Lipinski definition) is 6. The fourth-order valence-corrected chi connectivity index (χ4v) is 2.12. The van der Waals surface area contributed by atoms with Crippen LogP contribution in [0.1, 0.15) is 29.3 Å². The smallest absolute Gasteiger partial charge is 0.440 e. The van der Waals surface area contributed by atoms with E-state index in [1.807, 2.05) is 0 Å². The van der Waals surface area contributed by atoms with E-state index in [-0.39, 0.29) is 12.2 Å². The number of ether oxygens (including phenoxy) is 1. The molecule has 0 unspecified atom stereocenters. The predicted molar refractivity (Wildman–Crippen MR) is 93.6 cm³/mol. The lowest BCUT2D eigenvalue weighted by atomic mass is 10.1. The molecule has 0 saturated heterocycles. The molecule has 28 heavy (non-hydrogen) atoms. The topological polar surface area (TPSA) is 82.0 Å². The summed E-state index contributed by atoms with van der Waals surface area (Å²) in [4.78, 5) is 25.4. The Morgan fingerprint density at radius 3 is 2.68 bits per heavy atom. The number of benzene rings is 1. The molecule has 1 heterocycles. The minimum Gasteiger partial charge on any atom is -0.451 e. The summed E-state index contributed by atoms with van der Waals surface area (Å²) in [6, 6.07) is 6.60. The number of nitrogens with zero attached hydrogens (tertiary/aromatic N) is 2. The second-order valence-corrected chi connectivity index (χ2v) is 5.64. The number of aromatic nitrogens is 1. The van der Waals surface area contributed by atoms with E-state index in [0.717, 1.165) is 6.07 Å². The van der Waals surface area contributed by atoms with Crippen LogP contribution in [0.25, 0.3) is 0 Å². The fourth-order valence-electron chi connectivity index (χ4n) is 2.12. The highest BCUT2D eigenvalue weighted by Crippen LogP contribution is 2.32. The second-order valence-electron chi connectivity index (χ2n) is 5.64. The molecule has 0 fully saturated rings. The van der Waals surface area contributed by atoms with Crippen LogP contribution in [0.5, 0.6) is 5.75 Å². The van der Waals surface area contributed by atoms with Gasteiger partial charge in [-0.2, -0.15) is 18.7 Å². The van der Waals surface area contributed by atoms with Crippen LogP contribution in [0.15, 0.2) is 41.7 Å². The Labute approximate surface area is 159 Å². The quantitative estimate of drug-likeness (QED) is 0.589. The third kappa shape index (κ3) is 5.60. The van der Waals surface area contributed by atoms with Crippen molar-refractivity contribution >= 4 is 11.8 Å². The molecule has 0 aliphatic carbocycles. The van der Waals surface area contributed by atoms with Crippen LogP contribution < -0.4 is 10.3 Å². The molecular weight excluding hydrogens is 379 g/mol. The maximum absolute atomic E-state index is 13.0. The zero-order valence-electron chi connectivity index (χ0n) is 15.3. The average molecular weight is 397 g/mol. The number of nitrogens with one attached hydrogen (secondary N) is 1. The number of carbonyl (C=O) groups is 1. The molecule has 1 aromatic carbocycles. The molecule has 1 N–H and O–H groups in total. The van der Waals surface area contributed by atoms with Crippen molar-refractivity contribution in [3.8, 4) is 5.75 Å². The molecule has 0 spiro atoms. The highest BCUT2D eigenvalue weighted by Gasteiger charge is 2.33. The summed E-state index contributed by atoms with van der Waals surface area (Å²) in [5, 5.41) is 3.81. The molecule has 1 aromatic heterocycles. The Kier molecular flexibility index (Phi) is 6.80. The molecule has 1 amide bonds. The number of hydroxylamine groups is 1. The Morgan fingerprint density at radius 2 is 2.00 bits per heavy atom. The second kappa shape index (κ2) is 9.07. The van der Waals surface area contributed by atoms with Gasteiger partial charge in [-0.1, -0.05) is 23.4 Å². The number of oxime groups is 1. The van der Waals surface area contributed by atoms with Crippen molar-refractivity contribution in [3.05, 3.63) is 58.9 Å². The fraction of sp³-hybridized carbons (Fsp3) is 0.278. The first-order chi connectivity index (χ1) is 13.2. The molecule has 0 atom stereocenters. The van der Waals surface area contributed by atoms with Gasteiger partial charge in [0.25, 0.3) is 0 Å². The third-order valence-electron chi connectivity index (χ3n) is 3.60. The maximum Gasteiger partial charge on any atom is 0.440 e. The van der Waals surface area contributed by atoms with Gasteiger partial charge >= 0.3 is 12.3 Å². The molecule has 0 aliphatic heterocycles. The van der Waals surface area contributed by atoms with Crippen LogP contribution in [-0.4, -0.2) is 23.9 Å². The van der Waals surface area contributed by atoms with E-state index >= 15 is 0 Å². The monoisotopic (exact) mass is 397 g/mol. The lowest BCUT2D eigenvalue weighted by molar-refractivity contribution is -0.138.